The summed E-state index contributed by atoms with van der Waals surface area (Å²) in [5.74, 6) is 1.64. The van der Waals surface area contributed by atoms with Crippen LogP contribution in [0.2, 0.25) is 0 Å². The van der Waals surface area contributed by atoms with E-state index in [1.807, 2.05) is 0 Å². The van der Waals surface area contributed by atoms with Gasteiger partial charge in [0.1, 0.15) is 0 Å². The molecule has 0 aromatic rings. The highest BCUT2D eigenvalue weighted by Crippen LogP contribution is 2.41. The normalized spacial score (nSPS) is 44.2. The topological polar surface area (TPSA) is 32.5 Å². The summed E-state index contributed by atoms with van der Waals surface area (Å²) in [5.41, 5.74) is 6.63. The Kier molecular flexibility index (Phi) is 4.40. The van der Waals surface area contributed by atoms with Crippen molar-refractivity contribution in [3.8, 4) is 0 Å². The summed E-state index contributed by atoms with van der Waals surface area (Å²) in [4.78, 5) is 5.56. The molecule has 3 heteroatoms. The van der Waals surface area contributed by atoms with Gasteiger partial charge in [0.15, 0.2) is 0 Å². The first-order valence-corrected chi connectivity index (χ1v) is 8.85. The molecule has 3 fully saturated rings. The summed E-state index contributed by atoms with van der Waals surface area (Å²) in [6.07, 6.45) is 8.19. The standard InChI is InChI=1S/C17H33N3/c1-14-6-7-17(13-18,15(2)11-14)20-10-4-9-19-8-3-5-16(19)12-20/h14-16H,3-13,18H2,1-2H3. The second-order valence-electron chi connectivity index (χ2n) is 7.72. The predicted molar refractivity (Wildman–Crippen MR) is 84.7 cm³/mol. The first-order valence-electron chi connectivity index (χ1n) is 8.85. The number of nitrogens with two attached hydrogens (primary N) is 1. The van der Waals surface area contributed by atoms with E-state index in [1.54, 1.807) is 0 Å². The van der Waals surface area contributed by atoms with E-state index in [-0.39, 0.29) is 0 Å². The van der Waals surface area contributed by atoms with Gasteiger partial charge >= 0.3 is 0 Å². The Morgan fingerprint density at radius 1 is 1.10 bits per heavy atom. The van der Waals surface area contributed by atoms with E-state index in [0.29, 0.717) is 5.54 Å². The van der Waals surface area contributed by atoms with Gasteiger partial charge in [-0.25, -0.2) is 0 Å². The zero-order valence-electron chi connectivity index (χ0n) is 13.5. The van der Waals surface area contributed by atoms with Crippen molar-refractivity contribution in [2.75, 3.05) is 32.7 Å². The predicted octanol–water partition coefficient (Wildman–Crippen LogP) is 2.31. The molecule has 2 saturated heterocycles. The smallest absolute Gasteiger partial charge is 0.0358 e. The Hall–Kier alpha value is -0.120. The maximum Gasteiger partial charge on any atom is 0.0358 e. The van der Waals surface area contributed by atoms with Gasteiger partial charge in [-0.15, -0.1) is 0 Å². The maximum atomic E-state index is 6.34. The third kappa shape index (κ3) is 2.53. The van der Waals surface area contributed by atoms with E-state index in [4.69, 9.17) is 5.73 Å². The lowest BCUT2D eigenvalue weighted by atomic mass is 9.68. The fourth-order valence-electron chi connectivity index (χ4n) is 5.20. The molecule has 1 saturated carbocycles. The molecule has 2 heterocycles. The lowest BCUT2D eigenvalue weighted by molar-refractivity contribution is -0.00377. The van der Waals surface area contributed by atoms with Gasteiger partial charge in [0, 0.05) is 31.2 Å². The Morgan fingerprint density at radius 3 is 2.65 bits per heavy atom. The summed E-state index contributed by atoms with van der Waals surface area (Å²) in [6, 6.07) is 0.812. The van der Waals surface area contributed by atoms with Gasteiger partial charge in [-0.05, 0) is 63.5 Å². The Balaban J connectivity index is 1.77. The molecule has 0 aromatic heterocycles. The highest BCUT2D eigenvalue weighted by atomic mass is 15.3. The van der Waals surface area contributed by atoms with Gasteiger partial charge < -0.3 is 5.73 Å². The molecule has 116 valence electrons. The van der Waals surface area contributed by atoms with Crippen LogP contribution < -0.4 is 5.73 Å². The monoisotopic (exact) mass is 279 g/mol. The first-order chi connectivity index (χ1) is 9.65. The minimum absolute atomic E-state index is 0.297. The molecular weight excluding hydrogens is 246 g/mol. The van der Waals surface area contributed by atoms with Crippen LogP contribution in [-0.2, 0) is 0 Å². The number of rotatable bonds is 2. The third-order valence-corrected chi connectivity index (χ3v) is 6.53. The number of hydrogen-bond acceptors (Lipinski definition) is 3. The van der Waals surface area contributed by atoms with Crippen molar-refractivity contribution in [1.82, 2.24) is 9.80 Å². The third-order valence-electron chi connectivity index (χ3n) is 6.53. The van der Waals surface area contributed by atoms with Crippen LogP contribution in [0.25, 0.3) is 0 Å². The zero-order valence-corrected chi connectivity index (χ0v) is 13.5. The van der Waals surface area contributed by atoms with Crippen molar-refractivity contribution in [2.45, 2.75) is 64.0 Å². The summed E-state index contributed by atoms with van der Waals surface area (Å²) in [7, 11) is 0. The summed E-state index contributed by atoms with van der Waals surface area (Å²) in [5, 5.41) is 0. The molecule has 2 aliphatic heterocycles. The molecule has 0 radical (unpaired) electrons. The molecule has 0 amide bonds. The molecule has 3 aliphatic rings. The van der Waals surface area contributed by atoms with Crippen LogP contribution in [0.5, 0.6) is 0 Å². The quantitative estimate of drug-likeness (QED) is 0.842. The zero-order chi connectivity index (χ0) is 14.2. The van der Waals surface area contributed by atoms with Crippen LogP contribution in [0.3, 0.4) is 0 Å². The van der Waals surface area contributed by atoms with Crippen molar-refractivity contribution in [2.24, 2.45) is 17.6 Å². The molecule has 3 nitrogen and oxygen atoms in total. The molecule has 1 aliphatic carbocycles. The molecule has 4 unspecified atom stereocenters. The minimum Gasteiger partial charge on any atom is -0.329 e. The van der Waals surface area contributed by atoms with Gasteiger partial charge in [-0.1, -0.05) is 13.8 Å². The lowest BCUT2D eigenvalue weighted by Crippen LogP contribution is -2.61. The molecule has 20 heavy (non-hydrogen) atoms. The van der Waals surface area contributed by atoms with E-state index < -0.39 is 0 Å². The highest BCUT2D eigenvalue weighted by Gasteiger charge is 2.45. The number of nitrogens with zero attached hydrogens (tertiary/aromatic N) is 2. The van der Waals surface area contributed by atoms with Gasteiger partial charge in [0.2, 0.25) is 0 Å². The van der Waals surface area contributed by atoms with Crippen molar-refractivity contribution in [1.29, 1.82) is 0 Å². The van der Waals surface area contributed by atoms with E-state index in [2.05, 4.69) is 23.6 Å². The highest BCUT2D eigenvalue weighted by molar-refractivity contribution is 5.02. The molecule has 3 rings (SSSR count). The number of hydrogen-bond donors (Lipinski definition) is 1. The molecule has 0 bridgehead atoms. The molecule has 2 N–H and O–H groups in total. The van der Waals surface area contributed by atoms with Crippen LogP contribution in [0.1, 0.15) is 52.4 Å². The summed E-state index contributed by atoms with van der Waals surface area (Å²) in [6.45, 7) is 10.9. The van der Waals surface area contributed by atoms with E-state index >= 15 is 0 Å². The second-order valence-corrected chi connectivity index (χ2v) is 7.72. The molecular formula is C17H33N3. The summed E-state index contributed by atoms with van der Waals surface area (Å²) >= 11 is 0. The van der Waals surface area contributed by atoms with Crippen LogP contribution in [0.4, 0.5) is 0 Å². The first kappa shape index (κ1) is 14.8. The van der Waals surface area contributed by atoms with Crippen molar-refractivity contribution in [3.63, 3.8) is 0 Å². The average molecular weight is 279 g/mol. The van der Waals surface area contributed by atoms with Gasteiger partial charge in [-0.2, -0.15) is 0 Å². The largest absolute Gasteiger partial charge is 0.329 e. The molecule has 0 aromatic carbocycles. The van der Waals surface area contributed by atoms with Crippen molar-refractivity contribution < 1.29 is 0 Å². The Labute approximate surface area is 124 Å². The SMILES string of the molecule is CC1CCC(CN)(N2CCCN3CCCC3C2)C(C)C1. The van der Waals surface area contributed by atoms with Gasteiger partial charge in [0.25, 0.3) is 0 Å². The van der Waals surface area contributed by atoms with Crippen LogP contribution in [0, 0.1) is 11.8 Å². The lowest BCUT2D eigenvalue weighted by Gasteiger charge is -2.52. The van der Waals surface area contributed by atoms with Gasteiger partial charge in [0.05, 0.1) is 0 Å². The van der Waals surface area contributed by atoms with Crippen LogP contribution in [0.15, 0.2) is 0 Å². The van der Waals surface area contributed by atoms with Crippen LogP contribution in [-0.4, -0.2) is 54.1 Å². The van der Waals surface area contributed by atoms with Crippen LogP contribution >= 0.6 is 0 Å². The fourth-order valence-corrected chi connectivity index (χ4v) is 5.20. The van der Waals surface area contributed by atoms with E-state index in [9.17, 15) is 0 Å². The maximum absolute atomic E-state index is 6.34. The Bertz CT molecular complexity index is 332. The second kappa shape index (κ2) is 5.94. The van der Waals surface area contributed by atoms with E-state index in [0.717, 1.165) is 24.4 Å². The van der Waals surface area contributed by atoms with Crippen molar-refractivity contribution >= 4 is 0 Å². The summed E-state index contributed by atoms with van der Waals surface area (Å²) < 4.78 is 0. The van der Waals surface area contributed by atoms with Gasteiger partial charge in [-0.3, -0.25) is 9.80 Å². The number of fused-ring (bicyclic) bond motifs is 1. The Morgan fingerprint density at radius 2 is 1.90 bits per heavy atom. The average Bonchev–Trinajstić information content (AvgIpc) is 2.77. The molecule has 0 spiro atoms. The van der Waals surface area contributed by atoms with E-state index in [1.165, 1.54) is 64.7 Å². The van der Waals surface area contributed by atoms with Crippen molar-refractivity contribution in [3.05, 3.63) is 0 Å². The fraction of sp³-hybridized carbons (Fsp3) is 1.00. The minimum atomic E-state index is 0.297. The molecule has 4 atom stereocenters.